The highest BCUT2D eigenvalue weighted by atomic mass is 19.2. The van der Waals surface area contributed by atoms with Gasteiger partial charge in [0.1, 0.15) is 6.54 Å². The van der Waals surface area contributed by atoms with Crippen LogP contribution in [0.5, 0.6) is 0 Å². The lowest BCUT2D eigenvalue weighted by atomic mass is 10.3. The van der Waals surface area contributed by atoms with Crippen LogP contribution < -0.4 is 10.6 Å². The van der Waals surface area contributed by atoms with E-state index in [0.29, 0.717) is 19.0 Å². The first-order valence-electron chi connectivity index (χ1n) is 8.36. The Morgan fingerprint density at radius 2 is 1.96 bits per heavy atom. The molecule has 6 nitrogen and oxygen atoms in total. The average Bonchev–Trinajstić information content (AvgIpc) is 3.03. The van der Waals surface area contributed by atoms with Crippen LogP contribution in [0, 0.1) is 17.5 Å². The van der Waals surface area contributed by atoms with E-state index in [4.69, 9.17) is 0 Å². The Morgan fingerprint density at radius 3 is 2.59 bits per heavy atom. The Bertz CT molecular complexity index is 834. The van der Waals surface area contributed by atoms with Gasteiger partial charge in [-0.1, -0.05) is 0 Å². The predicted molar refractivity (Wildman–Crippen MR) is 97.8 cm³/mol. The number of aliphatic imine (C=N–C) groups is 1. The zero-order chi connectivity index (χ0) is 20.0. The summed E-state index contributed by atoms with van der Waals surface area (Å²) in [5.41, 5.74) is 0.618. The van der Waals surface area contributed by atoms with Crippen LogP contribution in [0.15, 0.2) is 35.5 Å². The fourth-order valence-corrected chi connectivity index (χ4v) is 2.41. The number of hydrogen-bond donors (Lipinski definition) is 2. The van der Waals surface area contributed by atoms with Crippen LogP contribution in [0.2, 0.25) is 0 Å². The molecule has 0 spiro atoms. The first kappa shape index (κ1) is 20.3. The van der Waals surface area contributed by atoms with Gasteiger partial charge in [0.05, 0.1) is 12.2 Å². The number of carbonyl (C=O) groups excluding carboxylic acids is 1. The third-order valence-corrected chi connectivity index (χ3v) is 3.83. The Morgan fingerprint density at radius 1 is 1.22 bits per heavy atom. The van der Waals surface area contributed by atoms with E-state index in [9.17, 15) is 18.0 Å². The van der Waals surface area contributed by atoms with Gasteiger partial charge in [-0.15, -0.1) is 0 Å². The Hall–Kier alpha value is -2.97. The number of benzene rings is 1. The number of hydrogen-bond acceptors (Lipinski definition) is 2. The molecule has 1 amide bonds. The normalized spacial score (nSPS) is 11.4. The predicted octanol–water partition coefficient (Wildman–Crippen LogP) is 2.48. The molecule has 0 aliphatic carbocycles. The molecule has 0 unspecified atom stereocenters. The third kappa shape index (κ3) is 5.25. The maximum Gasteiger partial charge on any atom is 0.246 e. The number of nitrogens with one attached hydrogen (secondary N) is 2. The average molecular weight is 381 g/mol. The van der Waals surface area contributed by atoms with E-state index in [2.05, 4.69) is 15.6 Å². The van der Waals surface area contributed by atoms with Gasteiger partial charge in [-0.25, -0.2) is 18.2 Å². The molecule has 0 radical (unpaired) electrons. The lowest BCUT2D eigenvalue weighted by molar-refractivity contribution is -0.114. The van der Waals surface area contributed by atoms with Crippen molar-refractivity contribution < 1.29 is 18.0 Å². The molecule has 9 heteroatoms. The fraction of sp³-hybridized carbons (Fsp3) is 0.333. The van der Waals surface area contributed by atoms with E-state index < -0.39 is 29.0 Å². The van der Waals surface area contributed by atoms with E-state index in [1.165, 1.54) is 0 Å². The molecule has 1 aromatic carbocycles. The van der Waals surface area contributed by atoms with Crippen LogP contribution in [-0.2, 0) is 18.4 Å². The second-order valence-corrected chi connectivity index (χ2v) is 5.91. The Kier molecular flexibility index (Phi) is 6.86. The van der Waals surface area contributed by atoms with Gasteiger partial charge in [0.15, 0.2) is 23.4 Å². The summed E-state index contributed by atoms with van der Waals surface area (Å²) in [4.78, 5) is 18.1. The van der Waals surface area contributed by atoms with E-state index in [0.717, 1.165) is 17.8 Å². The molecule has 0 saturated carbocycles. The summed E-state index contributed by atoms with van der Waals surface area (Å²) in [5, 5.41) is 5.26. The van der Waals surface area contributed by atoms with Crippen molar-refractivity contribution >= 4 is 17.6 Å². The smallest absolute Gasteiger partial charge is 0.246 e. The molecule has 0 bridgehead atoms. The number of halogens is 3. The summed E-state index contributed by atoms with van der Waals surface area (Å²) in [6.45, 7) is 2.74. The zero-order valence-electron chi connectivity index (χ0n) is 15.4. The van der Waals surface area contributed by atoms with Crippen LogP contribution in [0.4, 0.5) is 18.9 Å². The van der Waals surface area contributed by atoms with Gasteiger partial charge < -0.3 is 20.1 Å². The molecule has 0 atom stereocenters. The summed E-state index contributed by atoms with van der Waals surface area (Å²) in [5.74, 6) is -4.56. The molecule has 2 rings (SSSR count). The maximum absolute atomic E-state index is 13.6. The van der Waals surface area contributed by atoms with Crippen molar-refractivity contribution in [3.63, 3.8) is 0 Å². The zero-order valence-corrected chi connectivity index (χ0v) is 15.4. The standard InChI is InChI=1S/C18H22F3N5O/c1-4-22-18(26(3)11-12-6-5-9-25(12)2)23-10-15(27)24-14-8-7-13(19)16(20)17(14)21/h5-9H,4,10-11H2,1-3H3,(H,22,23)(H,24,27). The monoisotopic (exact) mass is 381 g/mol. The van der Waals surface area contributed by atoms with Crippen LogP contribution in [0.3, 0.4) is 0 Å². The molecule has 146 valence electrons. The molecular weight excluding hydrogens is 359 g/mol. The van der Waals surface area contributed by atoms with E-state index >= 15 is 0 Å². The van der Waals surface area contributed by atoms with Crippen molar-refractivity contribution in [3.05, 3.63) is 53.6 Å². The summed E-state index contributed by atoms with van der Waals surface area (Å²) >= 11 is 0. The second-order valence-electron chi connectivity index (χ2n) is 5.91. The van der Waals surface area contributed by atoms with E-state index in [1.807, 2.05) is 48.8 Å². The van der Waals surface area contributed by atoms with Crippen molar-refractivity contribution in [2.24, 2.45) is 12.0 Å². The van der Waals surface area contributed by atoms with Crippen molar-refractivity contribution in [2.75, 3.05) is 25.5 Å². The minimum Gasteiger partial charge on any atom is -0.357 e. The van der Waals surface area contributed by atoms with Crippen LogP contribution >= 0.6 is 0 Å². The summed E-state index contributed by atoms with van der Waals surface area (Å²) in [7, 11) is 3.75. The number of nitrogens with zero attached hydrogens (tertiary/aromatic N) is 3. The highest BCUT2D eigenvalue weighted by Gasteiger charge is 2.15. The number of carbonyl (C=O) groups is 1. The maximum atomic E-state index is 13.6. The van der Waals surface area contributed by atoms with Crippen LogP contribution in [-0.4, -0.2) is 41.5 Å². The molecule has 0 fully saturated rings. The molecule has 1 aromatic heterocycles. The molecule has 0 aliphatic rings. The van der Waals surface area contributed by atoms with Crippen molar-refractivity contribution in [3.8, 4) is 0 Å². The quantitative estimate of drug-likeness (QED) is 0.459. The van der Waals surface area contributed by atoms with Crippen LogP contribution in [0.1, 0.15) is 12.6 Å². The van der Waals surface area contributed by atoms with Gasteiger partial charge in [0.25, 0.3) is 0 Å². The van der Waals surface area contributed by atoms with Gasteiger partial charge in [0, 0.05) is 32.5 Å². The topological polar surface area (TPSA) is 61.7 Å². The number of anilines is 1. The van der Waals surface area contributed by atoms with Gasteiger partial charge in [0.2, 0.25) is 5.91 Å². The highest BCUT2D eigenvalue weighted by Crippen LogP contribution is 2.19. The number of amides is 1. The molecule has 1 heterocycles. The lowest BCUT2D eigenvalue weighted by Gasteiger charge is -2.22. The van der Waals surface area contributed by atoms with Crippen molar-refractivity contribution in [2.45, 2.75) is 13.5 Å². The minimum absolute atomic E-state index is 0.307. The molecule has 27 heavy (non-hydrogen) atoms. The molecule has 0 saturated heterocycles. The Balaban J connectivity index is 2.04. The van der Waals surface area contributed by atoms with E-state index in [1.54, 1.807) is 0 Å². The first-order valence-corrected chi connectivity index (χ1v) is 8.36. The fourth-order valence-electron chi connectivity index (χ4n) is 2.41. The van der Waals surface area contributed by atoms with Crippen LogP contribution in [0.25, 0.3) is 0 Å². The number of aromatic nitrogens is 1. The SMILES string of the molecule is CCNC(=NCC(=O)Nc1ccc(F)c(F)c1F)N(C)Cc1cccn1C. The molecule has 2 aromatic rings. The first-order chi connectivity index (χ1) is 12.8. The van der Waals surface area contributed by atoms with Gasteiger partial charge in [-0.2, -0.15) is 0 Å². The van der Waals surface area contributed by atoms with Gasteiger partial charge in [-0.3, -0.25) is 4.79 Å². The second kappa shape index (κ2) is 9.11. The number of guanidine groups is 1. The third-order valence-electron chi connectivity index (χ3n) is 3.83. The number of aryl methyl sites for hydroxylation is 1. The van der Waals surface area contributed by atoms with Gasteiger partial charge in [-0.05, 0) is 31.2 Å². The van der Waals surface area contributed by atoms with Crippen molar-refractivity contribution in [1.82, 2.24) is 14.8 Å². The Labute approximate surface area is 155 Å². The summed E-state index contributed by atoms with van der Waals surface area (Å²) in [6.07, 6.45) is 1.93. The van der Waals surface area contributed by atoms with Gasteiger partial charge >= 0.3 is 0 Å². The lowest BCUT2D eigenvalue weighted by Crippen LogP contribution is -2.39. The molecule has 2 N–H and O–H groups in total. The summed E-state index contributed by atoms with van der Waals surface area (Å²) < 4.78 is 41.8. The van der Waals surface area contributed by atoms with E-state index in [-0.39, 0.29) is 6.54 Å². The molecule has 0 aliphatic heterocycles. The molecular formula is C18H22F3N5O. The minimum atomic E-state index is -1.63. The van der Waals surface area contributed by atoms with Crippen molar-refractivity contribution in [1.29, 1.82) is 0 Å². The number of rotatable bonds is 6. The summed E-state index contributed by atoms with van der Waals surface area (Å²) in [6, 6.07) is 5.60. The largest absolute Gasteiger partial charge is 0.357 e. The highest BCUT2D eigenvalue weighted by molar-refractivity contribution is 5.94.